The Bertz CT molecular complexity index is 697. The third kappa shape index (κ3) is 2.90. The van der Waals surface area contributed by atoms with Crippen molar-refractivity contribution in [2.24, 2.45) is 0 Å². The van der Waals surface area contributed by atoms with Crippen molar-refractivity contribution >= 4 is 23.3 Å². The summed E-state index contributed by atoms with van der Waals surface area (Å²) in [5.74, 6) is -0.186. The van der Waals surface area contributed by atoms with Crippen LogP contribution in [0.5, 0.6) is 0 Å². The molecule has 0 radical (unpaired) electrons. The van der Waals surface area contributed by atoms with E-state index in [1.165, 1.54) is 31.7 Å². The van der Waals surface area contributed by atoms with Crippen molar-refractivity contribution < 1.29 is 4.39 Å². The van der Waals surface area contributed by atoms with Gasteiger partial charge in [0, 0.05) is 19.1 Å². The SMILES string of the molecule is Cc1cc2c(cc1F)[nH]c(=S)n2CCN(C)C1CCCC1. The number of nitrogens with one attached hydrogen (secondary N) is 1. The fourth-order valence-corrected chi connectivity index (χ4v) is 3.59. The smallest absolute Gasteiger partial charge is 0.178 e. The summed E-state index contributed by atoms with van der Waals surface area (Å²) in [5, 5.41) is 0. The molecule has 1 saturated carbocycles. The molecule has 21 heavy (non-hydrogen) atoms. The molecule has 0 unspecified atom stereocenters. The summed E-state index contributed by atoms with van der Waals surface area (Å²) in [4.78, 5) is 5.54. The van der Waals surface area contributed by atoms with Crippen LogP contribution in [0.4, 0.5) is 4.39 Å². The van der Waals surface area contributed by atoms with Crippen LogP contribution in [0.2, 0.25) is 0 Å². The molecule has 1 aromatic heterocycles. The number of aromatic nitrogens is 2. The number of H-pyrrole nitrogens is 1. The first-order chi connectivity index (χ1) is 10.1. The minimum absolute atomic E-state index is 0.186. The van der Waals surface area contributed by atoms with Crippen LogP contribution in [0.3, 0.4) is 0 Å². The number of imidazole rings is 1. The first-order valence-electron chi connectivity index (χ1n) is 7.65. The van der Waals surface area contributed by atoms with E-state index in [-0.39, 0.29) is 5.82 Å². The van der Waals surface area contributed by atoms with Crippen LogP contribution in [-0.2, 0) is 6.54 Å². The number of hydrogen-bond acceptors (Lipinski definition) is 2. The highest BCUT2D eigenvalue weighted by Crippen LogP contribution is 2.23. The molecule has 0 spiro atoms. The summed E-state index contributed by atoms with van der Waals surface area (Å²) in [7, 11) is 2.19. The fourth-order valence-electron chi connectivity index (χ4n) is 3.29. The van der Waals surface area contributed by atoms with Crippen molar-refractivity contribution in [3.05, 3.63) is 28.3 Å². The summed E-state index contributed by atoms with van der Waals surface area (Å²) in [6, 6.07) is 4.13. The van der Waals surface area contributed by atoms with E-state index in [1.54, 1.807) is 6.92 Å². The second kappa shape index (κ2) is 5.89. The first-order valence-corrected chi connectivity index (χ1v) is 8.06. The molecule has 1 aliphatic carbocycles. The molecule has 114 valence electrons. The minimum atomic E-state index is -0.186. The Labute approximate surface area is 129 Å². The largest absolute Gasteiger partial charge is 0.330 e. The molecule has 1 N–H and O–H groups in total. The zero-order valence-electron chi connectivity index (χ0n) is 12.7. The second-order valence-electron chi connectivity index (χ2n) is 6.12. The number of fused-ring (bicyclic) bond motifs is 1. The molecule has 1 aliphatic rings. The highest BCUT2D eigenvalue weighted by Gasteiger charge is 2.19. The number of aromatic amines is 1. The van der Waals surface area contributed by atoms with E-state index in [1.807, 2.05) is 6.07 Å². The lowest BCUT2D eigenvalue weighted by Crippen LogP contribution is -2.32. The molecule has 0 amide bonds. The van der Waals surface area contributed by atoms with Gasteiger partial charge in [0.2, 0.25) is 0 Å². The third-order valence-electron chi connectivity index (χ3n) is 4.68. The van der Waals surface area contributed by atoms with Gasteiger partial charge >= 0.3 is 0 Å². The Balaban J connectivity index is 1.81. The van der Waals surface area contributed by atoms with Crippen molar-refractivity contribution in [3.63, 3.8) is 0 Å². The van der Waals surface area contributed by atoms with E-state index in [0.717, 1.165) is 24.1 Å². The Morgan fingerprint density at radius 2 is 2.10 bits per heavy atom. The van der Waals surface area contributed by atoms with Crippen LogP contribution in [0.15, 0.2) is 12.1 Å². The normalized spacial score (nSPS) is 16.4. The van der Waals surface area contributed by atoms with Gasteiger partial charge in [-0.05, 0) is 56.7 Å². The number of halogens is 1. The van der Waals surface area contributed by atoms with Crippen molar-refractivity contribution in [2.45, 2.75) is 45.2 Å². The van der Waals surface area contributed by atoms with Crippen LogP contribution < -0.4 is 0 Å². The minimum Gasteiger partial charge on any atom is -0.330 e. The fraction of sp³-hybridized carbons (Fsp3) is 0.562. The summed E-state index contributed by atoms with van der Waals surface area (Å²) < 4.78 is 16.4. The average molecular weight is 307 g/mol. The van der Waals surface area contributed by atoms with Gasteiger partial charge in [0.25, 0.3) is 0 Å². The van der Waals surface area contributed by atoms with Gasteiger partial charge in [-0.25, -0.2) is 4.39 Å². The van der Waals surface area contributed by atoms with E-state index < -0.39 is 0 Å². The molecule has 1 heterocycles. The standard InChI is InChI=1S/C16H22FN3S/c1-11-9-15-14(10-13(11)17)18-16(21)20(15)8-7-19(2)12-5-3-4-6-12/h9-10,12H,3-8H2,1-2H3,(H,18,21). The van der Waals surface area contributed by atoms with Gasteiger partial charge < -0.3 is 14.5 Å². The number of nitrogens with zero attached hydrogens (tertiary/aromatic N) is 2. The maximum atomic E-state index is 13.6. The molecule has 2 aromatic rings. The Morgan fingerprint density at radius 3 is 2.81 bits per heavy atom. The number of aryl methyl sites for hydroxylation is 1. The molecular formula is C16H22FN3S. The zero-order chi connectivity index (χ0) is 15.0. The molecule has 0 bridgehead atoms. The van der Waals surface area contributed by atoms with Gasteiger partial charge in [0.1, 0.15) is 5.82 Å². The predicted octanol–water partition coefficient (Wildman–Crippen LogP) is 4.02. The number of likely N-dealkylation sites (N-methyl/N-ethyl adjacent to an activating group) is 1. The predicted molar refractivity (Wildman–Crippen MR) is 86.7 cm³/mol. The lowest BCUT2D eigenvalue weighted by molar-refractivity contribution is 0.237. The number of hydrogen-bond donors (Lipinski definition) is 1. The van der Waals surface area contributed by atoms with E-state index in [4.69, 9.17) is 12.2 Å². The molecule has 0 atom stereocenters. The summed E-state index contributed by atoms with van der Waals surface area (Å²) in [6.07, 6.45) is 5.31. The molecule has 0 saturated heterocycles. The lowest BCUT2D eigenvalue weighted by atomic mass is 10.2. The Kier molecular flexibility index (Phi) is 4.13. The van der Waals surface area contributed by atoms with Gasteiger partial charge in [0.15, 0.2) is 4.77 Å². The number of benzene rings is 1. The van der Waals surface area contributed by atoms with Crippen LogP contribution in [0.1, 0.15) is 31.2 Å². The second-order valence-corrected chi connectivity index (χ2v) is 6.51. The molecule has 0 aliphatic heterocycles. The Hall–Kier alpha value is -1.20. The van der Waals surface area contributed by atoms with Gasteiger partial charge in [-0.3, -0.25) is 0 Å². The van der Waals surface area contributed by atoms with E-state index in [9.17, 15) is 4.39 Å². The van der Waals surface area contributed by atoms with Crippen LogP contribution >= 0.6 is 12.2 Å². The van der Waals surface area contributed by atoms with Crippen LogP contribution in [-0.4, -0.2) is 34.1 Å². The average Bonchev–Trinajstić information content (AvgIpc) is 3.06. The van der Waals surface area contributed by atoms with E-state index in [0.29, 0.717) is 16.4 Å². The zero-order valence-corrected chi connectivity index (χ0v) is 13.5. The lowest BCUT2D eigenvalue weighted by Gasteiger charge is -2.24. The third-order valence-corrected chi connectivity index (χ3v) is 5.00. The van der Waals surface area contributed by atoms with Gasteiger partial charge in [-0.1, -0.05) is 12.8 Å². The van der Waals surface area contributed by atoms with Gasteiger partial charge in [-0.15, -0.1) is 0 Å². The molecule has 1 fully saturated rings. The van der Waals surface area contributed by atoms with Gasteiger partial charge in [-0.2, -0.15) is 0 Å². The maximum Gasteiger partial charge on any atom is 0.178 e. The summed E-state index contributed by atoms with van der Waals surface area (Å²) in [5.41, 5.74) is 2.44. The first kappa shape index (κ1) is 14.7. The number of rotatable bonds is 4. The molecule has 5 heteroatoms. The quantitative estimate of drug-likeness (QED) is 0.863. The van der Waals surface area contributed by atoms with Crippen LogP contribution in [0.25, 0.3) is 11.0 Å². The molecular weight excluding hydrogens is 285 g/mol. The van der Waals surface area contributed by atoms with Crippen molar-refractivity contribution in [1.29, 1.82) is 0 Å². The monoisotopic (exact) mass is 307 g/mol. The van der Waals surface area contributed by atoms with Crippen molar-refractivity contribution in [2.75, 3.05) is 13.6 Å². The summed E-state index contributed by atoms with van der Waals surface area (Å²) >= 11 is 5.39. The van der Waals surface area contributed by atoms with Crippen LogP contribution in [0, 0.1) is 17.5 Å². The molecule has 3 nitrogen and oxygen atoms in total. The molecule has 3 rings (SSSR count). The van der Waals surface area contributed by atoms with Gasteiger partial charge in [0.05, 0.1) is 11.0 Å². The van der Waals surface area contributed by atoms with Crippen molar-refractivity contribution in [3.8, 4) is 0 Å². The van der Waals surface area contributed by atoms with E-state index in [2.05, 4.69) is 21.5 Å². The molecule has 1 aromatic carbocycles. The topological polar surface area (TPSA) is 24.0 Å². The van der Waals surface area contributed by atoms with Crippen molar-refractivity contribution in [1.82, 2.24) is 14.5 Å². The Morgan fingerprint density at radius 1 is 1.38 bits per heavy atom. The highest BCUT2D eigenvalue weighted by atomic mass is 32.1. The highest BCUT2D eigenvalue weighted by molar-refractivity contribution is 7.71. The maximum absolute atomic E-state index is 13.6. The van der Waals surface area contributed by atoms with E-state index >= 15 is 0 Å². The summed E-state index contributed by atoms with van der Waals surface area (Å²) in [6.45, 7) is 3.61.